The van der Waals surface area contributed by atoms with E-state index in [-0.39, 0.29) is 0 Å². The Hall–Kier alpha value is -0.0800. The maximum Gasteiger partial charge on any atom is 0.128 e. The number of carbonyl (C=O) groups excluding carboxylic acids is 1. The van der Waals surface area contributed by atoms with E-state index in [1.165, 1.54) is 0 Å². The van der Waals surface area contributed by atoms with Crippen LogP contribution in [0, 0.1) is 0 Å². The summed E-state index contributed by atoms with van der Waals surface area (Å²) in [5.41, 5.74) is 0.584. The topological polar surface area (TPSA) is 17.1 Å². The summed E-state index contributed by atoms with van der Waals surface area (Å²) in [6.07, 6.45) is 0. The molecule has 0 aromatic carbocycles. The Morgan fingerprint density at radius 3 is 2.29 bits per heavy atom. The van der Waals surface area contributed by atoms with Crippen molar-refractivity contribution in [3.8, 4) is 0 Å². The van der Waals surface area contributed by atoms with Gasteiger partial charge in [0.2, 0.25) is 0 Å². The molecule has 0 fully saturated rings. The first kappa shape index (κ1) is 6.92. The van der Waals surface area contributed by atoms with Crippen molar-refractivity contribution in [2.45, 2.75) is 6.92 Å². The quantitative estimate of drug-likeness (QED) is 0.364. The molecule has 0 aromatic rings. The Bertz CT molecular complexity index is 131. The lowest BCUT2D eigenvalue weighted by molar-refractivity contribution is 0.567. The van der Waals surface area contributed by atoms with Gasteiger partial charge in [0.05, 0.1) is 0 Å². The van der Waals surface area contributed by atoms with Gasteiger partial charge >= 0.3 is 0 Å². The van der Waals surface area contributed by atoms with Crippen LogP contribution in [0.15, 0.2) is 15.7 Å². The van der Waals surface area contributed by atoms with Crippen LogP contribution < -0.4 is 0 Å². The minimum atomic E-state index is 0.584. The van der Waals surface area contributed by atoms with Crippen molar-refractivity contribution in [2.24, 2.45) is 0 Å². The molecule has 0 saturated heterocycles. The molecule has 0 N–H and O–H groups in total. The van der Waals surface area contributed by atoms with E-state index in [0.717, 1.165) is 3.58 Å². The highest BCUT2D eigenvalue weighted by atomic mass is 127. The second-order valence-electron chi connectivity index (χ2n) is 1.13. The predicted molar refractivity (Wildman–Crippen MR) is 38.0 cm³/mol. The zero-order valence-corrected chi connectivity index (χ0v) is 6.15. The van der Waals surface area contributed by atoms with Crippen molar-refractivity contribution >= 4 is 28.5 Å². The summed E-state index contributed by atoms with van der Waals surface area (Å²) in [5, 5.41) is 0. The summed E-state index contributed by atoms with van der Waals surface area (Å²) >= 11 is 1.97. The standard InChI is InChI=1S/C5H5IO/c1-4(3-7)5(2)6/h2H2,1H3. The Morgan fingerprint density at radius 2 is 2.29 bits per heavy atom. The fourth-order valence-electron chi connectivity index (χ4n) is 0.0554. The van der Waals surface area contributed by atoms with Crippen molar-refractivity contribution in [3.63, 3.8) is 0 Å². The molecule has 0 radical (unpaired) electrons. The van der Waals surface area contributed by atoms with E-state index in [9.17, 15) is 4.79 Å². The second kappa shape index (κ2) is 2.99. The van der Waals surface area contributed by atoms with Crippen LogP contribution in [0.5, 0.6) is 0 Å². The van der Waals surface area contributed by atoms with Crippen LogP contribution in [0.25, 0.3) is 0 Å². The molecule has 7 heavy (non-hydrogen) atoms. The van der Waals surface area contributed by atoms with Crippen molar-refractivity contribution < 1.29 is 4.79 Å². The SMILES string of the molecule is C=C(I)C(C)=C=O. The van der Waals surface area contributed by atoms with E-state index in [4.69, 9.17) is 0 Å². The van der Waals surface area contributed by atoms with Gasteiger partial charge in [-0.15, -0.1) is 0 Å². The van der Waals surface area contributed by atoms with Crippen LogP contribution in [0.3, 0.4) is 0 Å². The molecule has 1 nitrogen and oxygen atoms in total. The Labute approximate surface area is 56.2 Å². The average molecular weight is 208 g/mol. The van der Waals surface area contributed by atoms with Crippen LogP contribution in [-0.4, -0.2) is 5.94 Å². The molecule has 0 saturated carbocycles. The molecule has 0 aromatic heterocycles. The van der Waals surface area contributed by atoms with E-state index in [2.05, 4.69) is 6.58 Å². The number of hydrogen-bond donors (Lipinski definition) is 0. The van der Waals surface area contributed by atoms with Crippen LogP contribution in [0.4, 0.5) is 0 Å². The second-order valence-corrected chi connectivity index (χ2v) is 2.43. The first-order valence-corrected chi connectivity index (χ1v) is 2.83. The summed E-state index contributed by atoms with van der Waals surface area (Å²) in [5.74, 6) is 1.72. The van der Waals surface area contributed by atoms with Gasteiger partial charge in [-0.2, -0.15) is 0 Å². The zero-order valence-electron chi connectivity index (χ0n) is 3.99. The molecular formula is C5H5IO. The van der Waals surface area contributed by atoms with Gasteiger partial charge < -0.3 is 0 Å². The number of hydrogen-bond acceptors (Lipinski definition) is 1. The van der Waals surface area contributed by atoms with Crippen LogP contribution in [-0.2, 0) is 4.79 Å². The number of rotatable bonds is 1. The molecule has 0 aliphatic rings. The fourth-order valence-corrected chi connectivity index (χ4v) is 0.165. The van der Waals surface area contributed by atoms with Gasteiger partial charge in [0.25, 0.3) is 0 Å². The van der Waals surface area contributed by atoms with Gasteiger partial charge in [0.15, 0.2) is 0 Å². The largest absolute Gasteiger partial charge is 0.233 e. The van der Waals surface area contributed by atoms with E-state index < -0.39 is 0 Å². The van der Waals surface area contributed by atoms with Gasteiger partial charge in [0.1, 0.15) is 5.94 Å². The van der Waals surface area contributed by atoms with Crippen molar-refractivity contribution in [2.75, 3.05) is 0 Å². The molecule has 0 rings (SSSR count). The van der Waals surface area contributed by atoms with E-state index in [1.54, 1.807) is 12.9 Å². The predicted octanol–water partition coefficient (Wildman–Crippen LogP) is 1.71. The zero-order chi connectivity index (χ0) is 5.86. The lowest BCUT2D eigenvalue weighted by Gasteiger charge is -1.82. The van der Waals surface area contributed by atoms with E-state index >= 15 is 0 Å². The highest BCUT2D eigenvalue weighted by Gasteiger charge is 1.86. The molecule has 0 heterocycles. The fraction of sp³-hybridized carbons (Fsp3) is 0.200. The summed E-state index contributed by atoms with van der Waals surface area (Å²) in [6.45, 7) is 5.20. The maximum atomic E-state index is 9.72. The molecule has 0 aliphatic carbocycles. The third-order valence-electron chi connectivity index (χ3n) is 0.560. The molecule has 0 spiro atoms. The van der Waals surface area contributed by atoms with E-state index in [0.29, 0.717) is 5.57 Å². The molecule has 2 heteroatoms. The van der Waals surface area contributed by atoms with Gasteiger partial charge in [-0.3, -0.25) is 0 Å². The number of allylic oxidation sites excluding steroid dienone is 2. The smallest absolute Gasteiger partial charge is 0.128 e. The normalized spacial score (nSPS) is 7.14. The van der Waals surface area contributed by atoms with E-state index in [1.807, 2.05) is 22.6 Å². The third-order valence-corrected chi connectivity index (χ3v) is 1.37. The Balaban J connectivity index is 4.10. The lowest BCUT2D eigenvalue weighted by atomic mass is 10.4. The monoisotopic (exact) mass is 208 g/mol. The first-order chi connectivity index (χ1) is 3.18. The van der Waals surface area contributed by atoms with Gasteiger partial charge in [-0.1, -0.05) is 6.58 Å². The summed E-state index contributed by atoms with van der Waals surface area (Å²) in [7, 11) is 0. The first-order valence-electron chi connectivity index (χ1n) is 1.75. The molecule has 38 valence electrons. The highest BCUT2D eigenvalue weighted by molar-refractivity contribution is 14.1. The Kier molecular flexibility index (Phi) is 2.96. The van der Waals surface area contributed by atoms with Crippen LogP contribution >= 0.6 is 22.6 Å². The molecule has 0 atom stereocenters. The van der Waals surface area contributed by atoms with Crippen molar-refractivity contribution in [3.05, 3.63) is 15.7 Å². The van der Waals surface area contributed by atoms with Crippen molar-refractivity contribution in [1.82, 2.24) is 0 Å². The summed E-state index contributed by atoms with van der Waals surface area (Å²) in [6, 6.07) is 0. The minimum absolute atomic E-state index is 0.584. The van der Waals surface area contributed by atoms with Gasteiger partial charge in [-0.05, 0) is 29.5 Å². The maximum absolute atomic E-state index is 9.72. The molecule has 0 aliphatic heterocycles. The molecule has 0 bridgehead atoms. The average Bonchev–Trinajstić information content (AvgIpc) is 1.65. The summed E-state index contributed by atoms with van der Waals surface area (Å²) in [4.78, 5) is 9.72. The Morgan fingerprint density at radius 1 is 1.86 bits per heavy atom. The van der Waals surface area contributed by atoms with Crippen molar-refractivity contribution in [1.29, 1.82) is 0 Å². The van der Waals surface area contributed by atoms with Crippen LogP contribution in [0.2, 0.25) is 0 Å². The molecule has 0 unspecified atom stereocenters. The minimum Gasteiger partial charge on any atom is -0.233 e. The van der Waals surface area contributed by atoms with Gasteiger partial charge in [0, 0.05) is 9.15 Å². The third kappa shape index (κ3) is 2.60. The van der Waals surface area contributed by atoms with Gasteiger partial charge in [-0.25, -0.2) is 4.79 Å². The molecule has 0 amide bonds. The lowest BCUT2D eigenvalue weighted by Crippen LogP contribution is -1.69. The summed E-state index contributed by atoms with van der Waals surface area (Å²) < 4.78 is 0.757. The number of halogens is 1. The molecular weight excluding hydrogens is 203 g/mol. The van der Waals surface area contributed by atoms with Crippen LogP contribution in [0.1, 0.15) is 6.92 Å². The highest BCUT2D eigenvalue weighted by Crippen LogP contribution is 2.09.